The van der Waals surface area contributed by atoms with Crippen molar-refractivity contribution in [3.8, 4) is 23.0 Å². The SMILES string of the molecule is COc1ccc(C(=O)C[C@@H]2OC(=O)c3c2ccc(OC)c3OC)c(O)c1. The third-order valence-electron chi connectivity index (χ3n) is 4.25. The quantitative estimate of drug-likeness (QED) is 0.627. The molecule has 7 heteroatoms. The van der Waals surface area contributed by atoms with Crippen molar-refractivity contribution in [1.29, 1.82) is 0 Å². The van der Waals surface area contributed by atoms with Crippen LogP contribution in [0.15, 0.2) is 30.3 Å². The van der Waals surface area contributed by atoms with Crippen LogP contribution in [0.5, 0.6) is 23.0 Å². The highest BCUT2D eigenvalue weighted by atomic mass is 16.6. The minimum absolute atomic E-state index is 0.103. The molecule has 0 radical (unpaired) electrons. The molecule has 2 aromatic rings. The number of hydrogen-bond acceptors (Lipinski definition) is 7. The average Bonchev–Trinajstić information content (AvgIpc) is 2.96. The molecule has 0 aromatic heterocycles. The number of ether oxygens (including phenoxy) is 4. The van der Waals surface area contributed by atoms with Gasteiger partial charge in [0, 0.05) is 11.6 Å². The molecule has 0 unspecified atom stereocenters. The molecule has 1 heterocycles. The molecule has 1 atom stereocenters. The number of hydrogen-bond donors (Lipinski definition) is 1. The molecule has 0 bridgehead atoms. The van der Waals surface area contributed by atoms with E-state index in [0.717, 1.165) is 0 Å². The van der Waals surface area contributed by atoms with E-state index in [2.05, 4.69) is 0 Å². The highest BCUT2D eigenvalue weighted by molar-refractivity contribution is 6.02. The largest absolute Gasteiger partial charge is 0.507 e. The smallest absolute Gasteiger partial charge is 0.343 e. The maximum Gasteiger partial charge on any atom is 0.343 e. The second kappa shape index (κ2) is 6.95. The number of benzene rings is 2. The van der Waals surface area contributed by atoms with Crippen molar-refractivity contribution in [3.05, 3.63) is 47.0 Å². The fourth-order valence-corrected chi connectivity index (χ4v) is 2.98. The molecule has 0 aliphatic carbocycles. The molecule has 3 rings (SSSR count). The van der Waals surface area contributed by atoms with Crippen LogP contribution in [0.2, 0.25) is 0 Å². The number of aromatic hydroxyl groups is 1. The summed E-state index contributed by atoms with van der Waals surface area (Å²) in [5, 5.41) is 10.0. The maximum absolute atomic E-state index is 12.6. The Bertz CT molecular complexity index is 872. The predicted octanol–water partition coefficient (Wildman–Crippen LogP) is 2.90. The molecule has 136 valence electrons. The molecular formula is C19H18O7. The van der Waals surface area contributed by atoms with Crippen LogP contribution >= 0.6 is 0 Å². The molecule has 1 aliphatic rings. The molecular weight excluding hydrogens is 340 g/mol. The van der Waals surface area contributed by atoms with Gasteiger partial charge < -0.3 is 24.1 Å². The van der Waals surface area contributed by atoms with Gasteiger partial charge in [-0.3, -0.25) is 4.79 Å². The van der Waals surface area contributed by atoms with Crippen LogP contribution in [0, 0.1) is 0 Å². The van der Waals surface area contributed by atoms with Crippen molar-refractivity contribution in [2.45, 2.75) is 12.5 Å². The molecule has 1 aliphatic heterocycles. The fraction of sp³-hybridized carbons (Fsp3) is 0.263. The molecule has 0 fully saturated rings. The zero-order valence-corrected chi connectivity index (χ0v) is 14.6. The minimum atomic E-state index is -0.758. The summed E-state index contributed by atoms with van der Waals surface area (Å²) in [6.07, 6.45) is -0.861. The number of phenols is 1. The second-order valence-electron chi connectivity index (χ2n) is 5.67. The van der Waals surface area contributed by atoms with Crippen LogP contribution in [0.25, 0.3) is 0 Å². The Morgan fingerprint density at radius 2 is 1.88 bits per heavy atom. The van der Waals surface area contributed by atoms with Gasteiger partial charge in [0.2, 0.25) is 0 Å². The number of cyclic esters (lactones) is 1. The molecule has 0 saturated heterocycles. The first-order valence-corrected chi connectivity index (χ1v) is 7.86. The summed E-state index contributed by atoms with van der Waals surface area (Å²) < 4.78 is 20.8. The van der Waals surface area contributed by atoms with E-state index in [-0.39, 0.29) is 34.8 Å². The third-order valence-corrected chi connectivity index (χ3v) is 4.25. The van der Waals surface area contributed by atoms with Crippen molar-refractivity contribution in [3.63, 3.8) is 0 Å². The van der Waals surface area contributed by atoms with Crippen LogP contribution in [0.1, 0.15) is 38.8 Å². The second-order valence-corrected chi connectivity index (χ2v) is 5.67. The number of methoxy groups -OCH3 is 3. The van der Waals surface area contributed by atoms with Crippen LogP contribution < -0.4 is 14.2 Å². The van der Waals surface area contributed by atoms with E-state index in [1.54, 1.807) is 18.2 Å². The van der Waals surface area contributed by atoms with E-state index >= 15 is 0 Å². The lowest BCUT2D eigenvalue weighted by Crippen LogP contribution is -2.08. The molecule has 1 N–H and O–H groups in total. The number of esters is 1. The summed E-state index contributed by atoms with van der Waals surface area (Å²) in [6.45, 7) is 0. The molecule has 0 saturated carbocycles. The first-order valence-electron chi connectivity index (χ1n) is 7.86. The fourth-order valence-electron chi connectivity index (χ4n) is 2.98. The number of ketones is 1. The first kappa shape index (κ1) is 17.6. The van der Waals surface area contributed by atoms with E-state index in [0.29, 0.717) is 17.1 Å². The maximum atomic E-state index is 12.6. The Balaban J connectivity index is 1.90. The lowest BCUT2D eigenvalue weighted by molar-refractivity contribution is 0.0365. The van der Waals surface area contributed by atoms with E-state index in [9.17, 15) is 14.7 Å². The summed E-state index contributed by atoms with van der Waals surface area (Å²) in [4.78, 5) is 24.8. The van der Waals surface area contributed by atoms with Crippen molar-refractivity contribution in [2.75, 3.05) is 21.3 Å². The lowest BCUT2D eigenvalue weighted by Gasteiger charge is -2.12. The Kier molecular flexibility index (Phi) is 4.71. The Morgan fingerprint density at radius 1 is 1.12 bits per heavy atom. The van der Waals surface area contributed by atoms with Crippen LogP contribution in [0.4, 0.5) is 0 Å². The highest BCUT2D eigenvalue weighted by Crippen LogP contribution is 2.43. The summed E-state index contributed by atoms with van der Waals surface area (Å²) >= 11 is 0. The van der Waals surface area contributed by atoms with Gasteiger partial charge in [-0.05, 0) is 18.2 Å². The topological polar surface area (TPSA) is 91.3 Å². The Morgan fingerprint density at radius 3 is 2.50 bits per heavy atom. The number of carbonyl (C=O) groups is 2. The normalized spacial score (nSPS) is 15.2. The van der Waals surface area contributed by atoms with E-state index in [1.807, 2.05) is 0 Å². The van der Waals surface area contributed by atoms with Gasteiger partial charge in [0.25, 0.3) is 0 Å². The summed E-state index contributed by atoms with van der Waals surface area (Å²) in [5.41, 5.74) is 0.938. The number of phenolic OH excluding ortho intramolecular Hbond substituents is 1. The third kappa shape index (κ3) is 2.92. The zero-order valence-electron chi connectivity index (χ0n) is 14.6. The first-order chi connectivity index (χ1) is 12.5. The van der Waals surface area contributed by atoms with E-state index < -0.39 is 12.1 Å². The van der Waals surface area contributed by atoms with Crippen LogP contribution in [-0.2, 0) is 4.74 Å². The number of carbonyl (C=O) groups excluding carboxylic acids is 2. The van der Waals surface area contributed by atoms with Gasteiger partial charge in [0.15, 0.2) is 17.3 Å². The van der Waals surface area contributed by atoms with Crippen LogP contribution in [-0.4, -0.2) is 38.2 Å². The molecule has 2 aromatic carbocycles. The monoisotopic (exact) mass is 358 g/mol. The van der Waals surface area contributed by atoms with E-state index in [1.165, 1.54) is 33.5 Å². The summed E-state index contributed by atoms with van der Waals surface area (Å²) in [5.74, 6) is -0.00182. The Hall–Kier alpha value is -3.22. The van der Waals surface area contributed by atoms with Crippen molar-refractivity contribution in [2.24, 2.45) is 0 Å². The van der Waals surface area contributed by atoms with Crippen molar-refractivity contribution >= 4 is 11.8 Å². The van der Waals surface area contributed by atoms with Gasteiger partial charge in [0.1, 0.15) is 23.2 Å². The van der Waals surface area contributed by atoms with Gasteiger partial charge in [-0.2, -0.15) is 0 Å². The molecule has 0 amide bonds. The molecule has 0 spiro atoms. The van der Waals surface area contributed by atoms with Gasteiger partial charge >= 0.3 is 5.97 Å². The number of fused-ring (bicyclic) bond motifs is 1. The zero-order chi connectivity index (χ0) is 18.8. The number of rotatable bonds is 6. The van der Waals surface area contributed by atoms with Crippen LogP contribution in [0.3, 0.4) is 0 Å². The van der Waals surface area contributed by atoms with Gasteiger partial charge in [-0.1, -0.05) is 6.07 Å². The summed E-state index contributed by atoms with van der Waals surface area (Å²) in [6, 6.07) is 7.74. The van der Waals surface area contributed by atoms with Crippen molar-refractivity contribution < 1.29 is 33.6 Å². The predicted molar refractivity (Wildman–Crippen MR) is 91.3 cm³/mol. The Labute approximate surface area is 150 Å². The van der Waals surface area contributed by atoms with Gasteiger partial charge in [0.05, 0.1) is 33.3 Å². The van der Waals surface area contributed by atoms with Gasteiger partial charge in [-0.25, -0.2) is 4.79 Å². The average molecular weight is 358 g/mol. The molecule has 26 heavy (non-hydrogen) atoms. The lowest BCUT2D eigenvalue weighted by atomic mass is 9.97. The standard InChI is InChI=1S/C19H18O7/c1-23-10-4-5-11(13(20)8-10)14(21)9-16-12-6-7-15(24-2)18(25-3)17(12)19(22)26-16/h4-8,16,20H,9H2,1-3H3/t16-/m0/s1. The van der Waals surface area contributed by atoms with Gasteiger partial charge in [-0.15, -0.1) is 0 Å². The number of Topliss-reactive ketones (excluding diaryl/α,β-unsaturated/α-hetero) is 1. The van der Waals surface area contributed by atoms with E-state index in [4.69, 9.17) is 18.9 Å². The molecule has 7 nitrogen and oxygen atoms in total. The highest BCUT2D eigenvalue weighted by Gasteiger charge is 2.37. The van der Waals surface area contributed by atoms with Crippen molar-refractivity contribution in [1.82, 2.24) is 0 Å². The summed E-state index contributed by atoms with van der Waals surface area (Å²) in [7, 11) is 4.37. The minimum Gasteiger partial charge on any atom is -0.507 e.